The zero-order chi connectivity index (χ0) is 8.97. The smallest absolute Gasteiger partial charge is 0.0462 e. The summed E-state index contributed by atoms with van der Waals surface area (Å²) in [5, 5.41) is 12.7. The zero-order valence-electron chi connectivity index (χ0n) is 8.21. The molecule has 12 heavy (non-hydrogen) atoms. The number of hydrogen-bond acceptors (Lipinski definition) is 2. The molecule has 0 bridgehead atoms. The van der Waals surface area contributed by atoms with Crippen molar-refractivity contribution in [2.24, 2.45) is 17.8 Å². The maximum atomic E-state index is 9.21. The highest BCUT2D eigenvalue weighted by molar-refractivity contribution is 4.77. The molecule has 3 atom stereocenters. The van der Waals surface area contributed by atoms with Crippen LogP contribution in [0.15, 0.2) is 0 Å². The molecule has 0 aromatic carbocycles. The van der Waals surface area contributed by atoms with E-state index in [1.807, 2.05) is 0 Å². The predicted octanol–water partition coefficient (Wildman–Crippen LogP) is 1.25. The lowest BCUT2D eigenvalue weighted by Crippen LogP contribution is -2.26. The molecular formula is C10H21NO. The van der Waals surface area contributed by atoms with E-state index in [9.17, 15) is 5.11 Å². The van der Waals surface area contributed by atoms with Gasteiger partial charge in [-0.15, -0.1) is 0 Å². The molecule has 0 amide bonds. The Bertz CT molecular complexity index is 127. The van der Waals surface area contributed by atoms with Gasteiger partial charge in [0.2, 0.25) is 0 Å². The van der Waals surface area contributed by atoms with Crippen LogP contribution in [0.5, 0.6) is 0 Å². The first-order valence-electron chi connectivity index (χ1n) is 5.09. The highest BCUT2D eigenvalue weighted by Gasteiger charge is 2.24. The second-order valence-electron chi connectivity index (χ2n) is 4.11. The molecule has 0 aliphatic carbocycles. The minimum atomic E-state index is 0.366. The Labute approximate surface area is 75.4 Å². The minimum Gasteiger partial charge on any atom is -0.396 e. The lowest BCUT2D eigenvalue weighted by Gasteiger charge is -2.22. The molecule has 0 aromatic rings. The number of hydrogen-bond donors (Lipinski definition) is 2. The second kappa shape index (κ2) is 4.83. The van der Waals surface area contributed by atoms with Crippen LogP contribution in [0.1, 0.15) is 26.7 Å². The Balaban J connectivity index is 2.49. The summed E-state index contributed by atoms with van der Waals surface area (Å²) in [4.78, 5) is 0. The molecule has 0 spiro atoms. The fourth-order valence-corrected chi connectivity index (χ4v) is 2.18. The fourth-order valence-electron chi connectivity index (χ4n) is 2.18. The molecule has 72 valence electrons. The van der Waals surface area contributed by atoms with Crippen molar-refractivity contribution in [3.05, 3.63) is 0 Å². The molecule has 1 rings (SSSR count). The molecule has 0 radical (unpaired) electrons. The maximum absolute atomic E-state index is 9.21. The second-order valence-corrected chi connectivity index (χ2v) is 4.11. The zero-order valence-corrected chi connectivity index (χ0v) is 8.21. The van der Waals surface area contributed by atoms with Crippen LogP contribution in [-0.4, -0.2) is 24.8 Å². The van der Waals surface area contributed by atoms with E-state index in [1.165, 1.54) is 12.8 Å². The number of aliphatic hydroxyl groups excluding tert-OH is 1. The predicted molar refractivity (Wildman–Crippen MR) is 51.0 cm³/mol. The molecule has 1 fully saturated rings. The molecular weight excluding hydrogens is 150 g/mol. The first-order valence-corrected chi connectivity index (χ1v) is 5.09. The highest BCUT2D eigenvalue weighted by Crippen LogP contribution is 2.24. The largest absolute Gasteiger partial charge is 0.396 e. The SMILES string of the molecule is CCC1CNCC(C)CC1CO. The number of nitrogens with one attached hydrogen (secondary N) is 1. The Morgan fingerprint density at radius 1 is 1.33 bits per heavy atom. The van der Waals surface area contributed by atoms with Gasteiger partial charge >= 0.3 is 0 Å². The Morgan fingerprint density at radius 3 is 2.67 bits per heavy atom. The van der Waals surface area contributed by atoms with E-state index >= 15 is 0 Å². The first kappa shape index (κ1) is 10.0. The van der Waals surface area contributed by atoms with Crippen LogP contribution in [-0.2, 0) is 0 Å². The van der Waals surface area contributed by atoms with Crippen molar-refractivity contribution in [2.75, 3.05) is 19.7 Å². The van der Waals surface area contributed by atoms with Gasteiger partial charge in [0, 0.05) is 6.61 Å². The van der Waals surface area contributed by atoms with E-state index in [1.54, 1.807) is 0 Å². The summed E-state index contributed by atoms with van der Waals surface area (Å²) in [5.41, 5.74) is 0. The fraction of sp³-hybridized carbons (Fsp3) is 1.00. The monoisotopic (exact) mass is 171 g/mol. The van der Waals surface area contributed by atoms with Gasteiger partial charge in [0.15, 0.2) is 0 Å². The van der Waals surface area contributed by atoms with Crippen LogP contribution in [0.4, 0.5) is 0 Å². The van der Waals surface area contributed by atoms with Gasteiger partial charge in [-0.3, -0.25) is 0 Å². The van der Waals surface area contributed by atoms with E-state index in [2.05, 4.69) is 19.2 Å². The number of rotatable bonds is 2. The van der Waals surface area contributed by atoms with E-state index in [0.29, 0.717) is 18.4 Å². The van der Waals surface area contributed by atoms with Crippen LogP contribution < -0.4 is 5.32 Å². The molecule has 1 heterocycles. The molecule has 1 aliphatic heterocycles. The van der Waals surface area contributed by atoms with Crippen LogP contribution in [0.2, 0.25) is 0 Å². The molecule has 1 saturated heterocycles. The van der Waals surface area contributed by atoms with E-state index in [0.717, 1.165) is 19.0 Å². The average molecular weight is 171 g/mol. The van der Waals surface area contributed by atoms with Crippen LogP contribution in [0, 0.1) is 17.8 Å². The molecule has 2 nitrogen and oxygen atoms in total. The summed E-state index contributed by atoms with van der Waals surface area (Å²) in [7, 11) is 0. The van der Waals surface area contributed by atoms with Crippen LogP contribution >= 0.6 is 0 Å². The molecule has 2 heteroatoms. The highest BCUT2D eigenvalue weighted by atomic mass is 16.3. The van der Waals surface area contributed by atoms with Gasteiger partial charge in [0.05, 0.1) is 0 Å². The Morgan fingerprint density at radius 2 is 2.08 bits per heavy atom. The van der Waals surface area contributed by atoms with Crippen molar-refractivity contribution in [1.29, 1.82) is 0 Å². The molecule has 3 unspecified atom stereocenters. The summed E-state index contributed by atoms with van der Waals surface area (Å²) >= 11 is 0. The van der Waals surface area contributed by atoms with E-state index in [4.69, 9.17) is 0 Å². The average Bonchev–Trinajstić information content (AvgIpc) is 2.26. The van der Waals surface area contributed by atoms with Gasteiger partial charge in [-0.1, -0.05) is 20.3 Å². The quantitative estimate of drug-likeness (QED) is 0.655. The molecule has 1 aliphatic rings. The summed E-state index contributed by atoms with van der Waals surface area (Å²) < 4.78 is 0. The van der Waals surface area contributed by atoms with Crippen LogP contribution in [0.3, 0.4) is 0 Å². The van der Waals surface area contributed by atoms with Crippen molar-refractivity contribution in [2.45, 2.75) is 26.7 Å². The van der Waals surface area contributed by atoms with Crippen molar-refractivity contribution >= 4 is 0 Å². The van der Waals surface area contributed by atoms with Crippen molar-refractivity contribution in [1.82, 2.24) is 5.32 Å². The summed E-state index contributed by atoms with van der Waals surface area (Å²) in [6, 6.07) is 0. The summed E-state index contributed by atoms with van der Waals surface area (Å²) in [5.74, 6) is 1.93. The minimum absolute atomic E-state index is 0.366. The van der Waals surface area contributed by atoms with Gasteiger partial charge in [0.1, 0.15) is 0 Å². The first-order chi connectivity index (χ1) is 5.77. The van der Waals surface area contributed by atoms with Crippen molar-refractivity contribution in [3.63, 3.8) is 0 Å². The third-order valence-electron chi connectivity index (χ3n) is 3.03. The molecule has 0 aromatic heterocycles. The lowest BCUT2D eigenvalue weighted by molar-refractivity contribution is 0.161. The summed E-state index contributed by atoms with van der Waals surface area (Å²) in [6.07, 6.45) is 2.37. The standard InChI is InChI=1S/C10H21NO/c1-3-9-6-11-5-8(2)4-10(9)7-12/h8-12H,3-7H2,1-2H3. The van der Waals surface area contributed by atoms with E-state index < -0.39 is 0 Å². The Hall–Kier alpha value is -0.0800. The van der Waals surface area contributed by atoms with Crippen molar-refractivity contribution < 1.29 is 5.11 Å². The van der Waals surface area contributed by atoms with Gasteiger partial charge in [-0.25, -0.2) is 0 Å². The lowest BCUT2D eigenvalue weighted by atomic mass is 9.85. The topological polar surface area (TPSA) is 32.3 Å². The van der Waals surface area contributed by atoms with E-state index in [-0.39, 0.29) is 0 Å². The maximum Gasteiger partial charge on any atom is 0.0462 e. The molecule has 2 N–H and O–H groups in total. The van der Waals surface area contributed by atoms with Crippen LogP contribution in [0.25, 0.3) is 0 Å². The summed E-state index contributed by atoms with van der Waals surface area (Å²) in [6.45, 7) is 7.04. The van der Waals surface area contributed by atoms with Gasteiger partial charge in [0.25, 0.3) is 0 Å². The normalized spacial score (nSPS) is 37.8. The van der Waals surface area contributed by atoms with Gasteiger partial charge in [-0.2, -0.15) is 0 Å². The van der Waals surface area contributed by atoms with Crippen molar-refractivity contribution in [3.8, 4) is 0 Å². The number of aliphatic hydroxyl groups is 1. The third-order valence-corrected chi connectivity index (χ3v) is 3.03. The molecule has 0 saturated carbocycles. The van der Waals surface area contributed by atoms with Gasteiger partial charge in [-0.05, 0) is 37.3 Å². The van der Waals surface area contributed by atoms with Gasteiger partial charge < -0.3 is 10.4 Å². The Kier molecular flexibility index (Phi) is 4.02. The third kappa shape index (κ3) is 2.46.